The van der Waals surface area contributed by atoms with E-state index in [1.54, 1.807) is 0 Å². The molecule has 19 heavy (non-hydrogen) atoms. The lowest BCUT2D eigenvalue weighted by Gasteiger charge is -2.34. The van der Waals surface area contributed by atoms with Crippen LogP contribution >= 0.6 is 47.4 Å². The monoisotopic (exact) mass is 413 g/mol. The lowest BCUT2D eigenvalue weighted by molar-refractivity contribution is 0.175. The highest BCUT2D eigenvalue weighted by molar-refractivity contribution is 14.1. The molecule has 0 radical (unpaired) electrons. The highest BCUT2D eigenvalue weighted by atomic mass is 127. The molecule has 2 rings (SSSR count). The first-order chi connectivity index (χ1) is 8.31. The molecule has 0 unspecified atom stereocenters. The van der Waals surface area contributed by atoms with Gasteiger partial charge in [-0.2, -0.15) is 5.26 Å². The molecule has 1 saturated heterocycles. The van der Waals surface area contributed by atoms with E-state index in [4.69, 9.17) is 5.26 Å². The fourth-order valence-corrected chi connectivity index (χ4v) is 2.58. The van der Waals surface area contributed by atoms with Gasteiger partial charge in [0.2, 0.25) is 0 Å². The van der Waals surface area contributed by atoms with Gasteiger partial charge in [-0.05, 0) is 40.3 Å². The maximum absolute atomic E-state index is 8.99. The molecule has 3 nitrogen and oxygen atoms in total. The van der Waals surface area contributed by atoms with E-state index in [2.05, 4.69) is 63.1 Å². The summed E-state index contributed by atoms with van der Waals surface area (Å²) in [6.45, 7) is 4.09. The molecule has 1 aromatic carbocycles. The molecule has 1 fully saturated rings. The van der Waals surface area contributed by atoms with Crippen LogP contribution in [0.4, 0.5) is 0 Å². The van der Waals surface area contributed by atoms with Crippen LogP contribution in [-0.2, 0) is 0 Å². The molecule has 1 N–H and O–H groups in total. The van der Waals surface area contributed by atoms with Crippen molar-refractivity contribution in [2.24, 2.45) is 0 Å². The zero-order chi connectivity index (χ0) is 12.1. The number of benzene rings is 1. The molecule has 1 heterocycles. The Kier molecular flexibility index (Phi) is 9.75. The minimum absolute atomic E-state index is 0. The smallest absolute Gasteiger partial charge is 0.0641 e. The Bertz CT molecular complexity index is 399. The van der Waals surface area contributed by atoms with E-state index in [-0.39, 0.29) is 30.9 Å². The number of hydrogen-bond donors (Lipinski definition) is 1. The first-order valence-corrected chi connectivity index (χ1v) is 6.96. The summed E-state index contributed by atoms with van der Waals surface area (Å²) in [5.41, 5.74) is 1.26. The first kappa shape index (κ1) is 18.9. The van der Waals surface area contributed by atoms with E-state index in [9.17, 15) is 0 Å². The van der Waals surface area contributed by atoms with Crippen LogP contribution in [0.15, 0.2) is 24.3 Å². The van der Waals surface area contributed by atoms with Gasteiger partial charge in [0.05, 0.1) is 12.5 Å². The molecule has 0 aromatic heterocycles. The number of piperazine rings is 1. The van der Waals surface area contributed by atoms with E-state index in [0.717, 1.165) is 26.2 Å². The third-order valence-electron chi connectivity index (χ3n) is 3.13. The van der Waals surface area contributed by atoms with Crippen molar-refractivity contribution < 1.29 is 0 Å². The van der Waals surface area contributed by atoms with Gasteiger partial charge in [0, 0.05) is 35.8 Å². The van der Waals surface area contributed by atoms with Gasteiger partial charge in [0.1, 0.15) is 0 Å². The van der Waals surface area contributed by atoms with Gasteiger partial charge in [-0.15, -0.1) is 24.8 Å². The second kappa shape index (κ2) is 9.78. The number of nitrogens with one attached hydrogen (secondary N) is 1. The minimum atomic E-state index is 0. The molecule has 1 aliphatic rings. The summed E-state index contributed by atoms with van der Waals surface area (Å²) in [4.78, 5) is 2.40. The summed E-state index contributed by atoms with van der Waals surface area (Å²) < 4.78 is 1.24. The summed E-state index contributed by atoms with van der Waals surface area (Å²) in [5, 5.41) is 12.3. The highest BCUT2D eigenvalue weighted by Gasteiger charge is 2.21. The Morgan fingerprint density at radius 1 is 1.21 bits per heavy atom. The van der Waals surface area contributed by atoms with Gasteiger partial charge in [-0.1, -0.05) is 12.1 Å². The Hall–Kier alpha value is -0.0600. The van der Waals surface area contributed by atoms with Crippen molar-refractivity contribution in [3.05, 3.63) is 33.4 Å². The molecule has 6 heteroatoms. The van der Waals surface area contributed by atoms with Crippen molar-refractivity contribution >= 4 is 47.4 Å². The summed E-state index contributed by atoms with van der Waals surface area (Å²) in [6, 6.07) is 11.1. The van der Waals surface area contributed by atoms with Gasteiger partial charge < -0.3 is 5.32 Å². The number of halogens is 3. The van der Waals surface area contributed by atoms with Crippen molar-refractivity contribution in [2.45, 2.75) is 12.5 Å². The van der Waals surface area contributed by atoms with E-state index < -0.39 is 0 Å². The van der Waals surface area contributed by atoms with Crippen LogP contribution < -0.4 is 5.32 Å². The van der Waals surface area contributed by atoms with Crippen molar-refractivity contribution in [2.75, 3.05) is 26.2 Å². The second-order valence-corrected chi connectivity index (χ2v) is 5.46. The molecule has 106 valence electrons. The van der Waals surface area contributed by atoms with E-state index in [0.29, 0.717) is 6.42 Å². The normalized spacial score (nSPS) is 16.6. The van der Waals surface area contributed by atoms with E-state index in [1.165, 1.54) is 9.13 Å². The lowest BCUT2D eigenvalue weighted by Crippen LogP contribution is -2.45. The summed E-state index contributed by atoms with van der Waals surface area (Å²) >= 11 is 2.31. The largest absolute Gasteiger partial charge is 0.314 e. The first-order valence-electron chi connectivity index (χ1n) is 5.88. The summed E-state index contributed by atoms with van der Waals surface area (Å²) in [5.74, 6) is 0. The number of rotatable bonds is 3. The second-order valence-electron chi connectivity index (χ2n) is 4.22. The van der Waals surface area contributed by atoms with Crippen LogP contribution in [0.2, 0.25) is 0 Å². The molecule has 1 aromatic rings. The fraction of sp³-hybridized carbons (Fsp3) is 0.462. The highest BCUT2D eigenvalue weighted by Crippen LogP contribution is 2.24. The summed E-state index contributed by atoms with van der Waals surface area (Å²) in [6.07, 6.45) is 0.570. The maximum atomic E-state index is 8.99. The Morgan fingerprint density at radius 2 is 1.79 bits per heavy atom. The third-order valence-corrected chi connectivity index (χ3v) is 3.85. The molecule has 0 aliphatic carbocycles. The SMILES string of the molecule is Cl.Cl.N#CC[C@H](c1ccc(I)cc1)N1CCNCC1. The van der Waals surface area contributed by atoms with Gasteiger partial charge in [0.25, 0.3) is 0 Å². The molecule has 0 spiro atoms. The van der Waals surface area contributed by atoms with Crippen molar-refractivity contribution in [3.8, 4) is 6.07 Å². The zero-order valence-electron chi connectivity index (χ0n) is 10.5. The number of hydrogen-bond acceptors (Lipinski definition) is 3. The van der Waals surface area contributed by atoms with Crippen LogP contribution in [-0.4, -0.2) is 31.1 Å². The van der Waals surface area contributed by atoms with Gasteiger partial charge in [0.15, 0.2) is 0 Å². The average Bonchev–Trinajstić information content (AvgIpc) is 2.38. The molecule has 1 atom stereocenters. The van der Waals surface area contributed by atoms with Gasteiger partial charge >= 0.3 is 0 Å². The third kappa shape index (κ3) is 5.44. The fourth-order valence-electron chi connectivity index (χ4n) is 2.22. The molecule has 0 saturated carbocycles. The quantitative estimate of drug-likeness (QED) is 0.774. The van der Waals surface area contributed by atoms with Crippen LogP contribution in [0.5, 0.6) is 0 Å². The van der Waals surface area contributed by atoms with Crippen LogP contribution in [0.1, 0.15) is 18.0 Å². The van der Waals surface area contributed by atoms with Crippen LogP contribution in [0.25, 0.3) is 0 Å². The Labute approximate surface area is 140 Å². The molecular formula is C13H18Cl2IN3. The Balaban J connectivity index is 0.00000162. The molecular weight excluding hydrogens is 396 g/mol. The van der Waals surface area contributed by atoms with Gasteiger partial charge in [-0.3, -0.25) is 4.90 Å². The summed E-state index contributed by atoms with van der Waals surface area (Å²) in [7, 11) is 0. The van der Waals surface area contributed by atoms with Crippen LogP contribution in [0, 0.1) is 14.9 Å². The standard InChI is InChI=1S/C13H16IN3.2ClH/c14-12-3-1-11(2-4-12)13(5-6-15)17-9-7-16-8-10-17;;/h1-4,13,16H,5,7-10H2;2*1H/t13-;;/m1../s1. The minimum Gasteiger partial charge on any atom is -0.314 e. The van der Waals surface area contributed by atoms with Crippen molar-refractivity contribution in [1.82, 2.24) is 10.2 Å². The molecule has 0 bridgehead atoms. The topological polar surface area (TPSA) is 39.1 Å². The van der Waals surface area contributed by atoms with E-state index >= 15 is 0 Å². The van der Waals surface area contributed by atoms with Crippen LogP contribution in [0.3, 0.4) is 0 Å². The zero-order valence-corrected chi connectivity index (χ0v) is 14.3. The predicted molar refractivity (Wildman–Crippen MR) is 91.1 cm³/mol. The van der Waals surface area contributed by atoms with Gasteiger partial charge in [-0.25, -0.2) is 0 Å². The van der Waals surface area contributed by atoms with Crippen molar-refractivity contribution in [3.63, 3.8) is 0 Å². The maximum Gasteiger partial charge on any atom is 0.0641 e. The number of nitriles is 1. The number of nitrogens with zero attached hydrogens (tertiary/aromatic N) is 2. The average molecular weight is 414 g/mol. The molecule has 0 amide bonds. The van der Waals surface area contributed by atoms with E-state index in [1.807, 2.05) is 0 Å². The lowest BCUT2D eigenvalue weighted by atomic mass is 10.0. The molecule has 1 aliphatic heterocycles. The predicted octanol–water partition coefficient (Wildman–Crippen LogP) is 2.99. The Morgan fingerprint density at radius 3 is 2.32 bits per heavy atom. The van der Waals surface area contributed by atoms with Crippen molar-refractivity contribution in [1.29, 1.82) is 5.26 Å².